The van der Waals surface area contributed by atoms with Gasteiger partial charge in [0.05, 0.1) is 12.8 Å². The van der Waals surface area contributed by atoms with Crippen LogP contribution in [0.25, 0.3) is 0 Å². The van der Waals surface area contributed by atoms with Crippen molar-refractivity contribution >= 4 is 5.91 Å². The van der Waals surface area contributed by atoms with E-state index in [2.05, 4.69) is 10.6 Å². The van der Waals surface area contributed by atoms with E-state index in [4.69, 9.17) is 9.15 Å². The van der Waals surface area contributed by atoms with Crippen LogP contribution in [0.1, 0.15) is 12.2 Å². The highest BCUT2D eigenvalue weighted by Gasteiger charge is 2.00. The number of ether oxygens (including phenoxy) is 1. The summed E-state index contributed by atoms with van der Waals surface area (Å²) in [6, 6.07) is 3.78. The SMILES string of the molecule is COCCCNC(=O)CNCCc1ccco1. The molecule has 1 amide bonds. The van der Waals surface area contributed by atoms with Crippen LogP contribution < -0.4 is 10.6 Å². The highest BCUT2D eigenvalue weighted by molar-refractivity contribution is 5.77. The average molecular weight is 240 g/mol. The highest BCUT2D eigenvalue weighted by Crippen LogP contribution is 1.99. The number of methoxy groups -OCH3 is 1. The third-order valence-corrected chi connectivity index (χ3v) is 2.26. The van der Waals surface area contributed by atoms with Crippen LogP contribution in [0.2, 0.25) is 0 Å². The Bertz CT molecular complexity index is 299. The second kappa shape index (κ2) is 8.78. The van der Waals surface area contributed by atoms with Gasteiger partial charge < -0.3 is 19.8 Å². The molecule has 0 saturated carbocycles. The molecule has 1 aromatic rings. The van der Waals surface area contributed by atoms with Crippen molar-refractivity contribution in [2.24, 2.45) is 0 Å². The number of hydrogen-bond donors (Lipinski definition) is 2. The molecule has 5 heteroatoms. The highest BCUT2D eigenvalue weighted by atomic mass is 16.5. The maximum atomic E-state index is 11.3. The molecule has 96 valence electrons. The van der Waals surface area contributed by atoms with Gasteiger partial charge in [-0.1, -0.05) is 0 Å². The number of hydrogen-bond acceptors (Lipinski definition) is 4. The molecule has 0 aliphatic rings. The third kappa shape index (κ3) is 6.76. The van der Waals surface area contributed by atoms with E-state index in [9.17, 15) is 4.79 Å². The molecule has 1 aromatic heterocycles. The zero-order valence-corrected chi connectivity index (χ0v) is 10.2. The maximum Gasteiger partial charge on any atom is 0.233 e. The zero-order valence-electron chi connectivity index (χ0n) is 10.2. The fraction of sp³-hybridized carbons (Fsp3) is 0.583. The minimum atomic E-state index is 0.0144. The van der Waals surface area contributed by atoms with Crippen molar-refractivity contribution in [2.75, 3.05) is 33.4 Å². The summed E-state index contributed by atoms with van der Waals surface area (Å²) in [5.74, 6) is 0.943. The van der Waals surface area contributed by atoms with E-state index in [0.29, 0.717) is 19.7 Å². The van der Waals surface area contributed by atoms with Crippen LogP contribution in [0.5, 0.6) is 0 Å². The normalized spacial score (nSPS) is 10.4. The van der Waals surface area contributed by atoms with Crippen molar-refractivity contribution in [3.8, 4) is 0 Å². The van der Waals surface area contributed by atoms with E-state index in [-0.39, 0.29) is 5.91 Å². The molecule has 2 N–H and O–H groups in total. The van der Waals surface area contributed by atoms with Gasteiger partial charge in [0.25, 0.3) is 0 Å². The van der Waals surface area contributed by atoms with Gasteiger partial charge in [0.2, 0.25) is 5.91 Å². The van der Waals surface area contributed by atoms with Crippen LogP contribution >= 0.6 is 0 Å². The van der Waals surface area contributed by atoms with Gasteiger partial charge in [0.1, 0.15) is 5.76 Å². The predicted octanol–water partition coefficient (Wildman–Crippen LogP) is 0.564. The number of amides is 1. The van der Waals surface area contributed by atoms with Gasteiger partial charge in [-0.05, 0) is 18.6 Å². The minimum absolute atomic E-state index is 0.0144. The fourth-order valence-electron chi connectivity index (χ4n) is 1.38. The molecule has 0 aliphatic heterocycles. The lowest BCUT2D eigenvalue weighted by Gasteiger charge is -2.05. The van der Waals surface area contributed by atoms with Crippen molar-refractivity contribution in [1.82, 2.24) is 10.6 Å². The van der Waals surface area contributed by atoms with Crippen LogP contribution in [0.4, 0.5) is 0 Å². The van der Waals surface area contributed by atoms with Crippen LogP contribution in [0.15, 0.2) is 22.8 Å². The number of carbonyl (C=O) groups excluding carboxylic acids is 1. The first-order chi connectivity index (χ1) is 8.33. The van der Waals surface area contributed by atoms with Crippen LogP contribution in [-0.2, 0) is 16.0 Å². The second-order valence-electron chi connectivity index (χ2n) is 3.70. The Morgan fingerprint density at radius 2 is 2.35 bits per heavy atom. The predicted molar refractivity (Wildman–Crippen MR) is 64.8 cm³/mol. The number of carbonyl (C=O) groups is 1. The molecule has 0 aliphatic carbocycles. The first kappa shape index (κ1) is 13.7. The molecule has 0 aromatic carbocycles. The van der Waals surface area contributed by atoms with Gasteiger partial charge in [0, 0.05) is 33.2 Å². The number of rotatable bonds is 9. The first-order valence-corrected chi connectivity index (χ1v) is 5.81. The Morgan fingerprint density at radius 3 is 3.06 bits per heavy atom. The summed E-state index contributed by atoms with van der Waals surface area (Å²) >= 11 is 0. The van der Waals surface area contributed by atoms with E-state index in [1.54, 1.807) is 13.4 Å². The van der Waals surface area contributed by atoms with E-state index in [0.717, 1.165) is 25.1 Å². The molecule has 5 nitrogen and oxygen atoms in total. The van der Waals surface area contributed by atoms with Crippen molar-refractivity contribution in [2.45, 2.75) is 12.8 Å². The van der Waals surface area contributed by atoms with Crippen molar-refractivity contribution in [1.29, 1.82) is 0 Å². The maximum absolute atomic E-state index is 11.3. The molecule has 0 fully saturated rings. The Hall–Kier alpha value is -1.33. The lowest BCUT2D eigenvalue weighted by atomic mass is 10.3. The molecule has 0 bridgehead atoms. The van der Waals surface area contributed by atoms with Crippen LogP contribution in [0, 0.1) is 0 Å². The van der Waals surface area contributed by atoms with Gasteiger partial charge in [-0.3, -0.25) is 4.79 Å². The summed E-state index contributed by atoms with van der Waals surface area (Å²) in [5, 5.41) is 5.87. The van der Waals surface area contributed by atoms with Crippen LogP contribution in [0.3, 0.4) is 0 Å². The first-order valence-electron chi connectivity index (χ1n) is 5.81. The molecular formula is C12H20N2O3. The standard InChI is InChI=1S/C12H20N2O3/c1-16-8-3-6-14-12(15)10-13-7-5-11-4-2-9-17-11/h2,4,9,13H,3,5-8,10H2,1H3,(H,14,15). The largest absolute Gasteiger partial charge is 0.469 e. The van der Waals surface area contributed by atoms with E-state index >= 15 is 0 Å². The molecule has 0 spiro atoms. The van der Waals surface area contributed by atoms with Gasteiger partial charge in [-0.25, -0.2) is 0 Å². The minimum Gasteiger partial charge on any atom is -0.469 e. The molecule has 0 atom stereocenters. The summed E-state index contributed by atoms with van der Waals surface area (Å²) < 4.78 is 10.1. The Morgan fingerprint density at radius 1 is 1.47 bits per heavy atom. The Kier molecular flexibility index (Phi) is 7.09. The Labute approximate surface area is 102 Å². The average Bonchev–Trinajstić information content (AvgIpc) is 2.83. The summed E-state index contributed by atoms with van der Waals surface area (Å²) in [4.78, 5) is 11.3. The van der Waals surface area contributed by atoms with Crippen molar-refractivity contribution in [3.05, 3.63) is 24.2 Å². The van der Waals surface area contributed by atoms with Gasteiger partial charge in [0.15, 0.2) is 0 Å². The zero-order chi connectivity index (χ0) is 12.3. The van der Waals surface area contributed by atoms with Gasteiger partial charge in [-0.15, -0.1) is 0 Å². The molecular weight excluding hydrogens is 220 g/mol. The molecule has 1 rings (SSSR count). The molecule has 0 radical (unpaired) electrons. The van der Waals surface area contributed by atoms with Crippen molar-refractivity contribution < 1.29 is 13.9 Å². The molecule has 17 heavy (non-hydrogen) atoms. The second-order valence-corrected chi connectivity index (χ2v) is 3.70. The topological polar surface area (TPSA) is 63.5 Å². The monoisotopic (exact) mass is 240 g/mol. The van der Waals surface area contributed by atoms with Gasteiger partial charge in [-0.2, -0.15) is 0 Å². The summed E-state index contributed by atoms with van der Waals surface area (Å²) in [6.45, 7) is 2.41. The molecule has 0 saturated heterocycles. The lowest BCUT2D eigenvalue weighted by Crippen LogP contribution is -2.35. The number of furan rings is 1. The van der Waals surface area contributed by atoms with Crippen LogP contribution in [-0.4, -0.2) is 39.3 Å². The van der Waals surface area contributed by atoms with E-state index in [1.807, 2.05) is 12.1 Å². The summed E-state index contributed by atoms with van der Waals surface area (Å²) in [5.41, 5.74) is 0. The fourth-order valence-corrected chi connectivity index (χ4v) is 1.38. The third-order valence-electron chi connectivity index (χ3n) is 2.26. The van der Waals surface area contributed by atoms with Gasteiger partial charge >= 0.3 is 0 Å². The molecule has 0 unspecified atom stereocenters. The lowest BCUT2D eigenvalue weighted by molar-refractivity contribution is -0.120. The summed E-state index contributed by atoms with van der Waals surface area (Å²) in [7, 11) is 1.65. The van der Waals surface area contributed by atoms with E-state index < -0.39 is 0 Å². The molecule has 1 heterocycles. The van der Waals surface area contributed by atoms with Crippen molar-refractivity contribution in [3.63, 3.8) is 0 Å². The summed E-state index contributed by atoms with van der Waals surface area (Å²) in [6.07, 6.45) is 3.29. The van der Waals surface area contributed by atoms with E-state index in [1.165, 1.54) is 0 Å². The Balaban J connectivity index is 1.93. The smallest absolute Gasteiger partial charge is 0.233 e. The quantitative estimate of drug-likeness (QED) is 0.619. The number of nitrogens with one attached hydrogen (secondary N) is 2.